The van der Waals surface area contributed by atoms with Crippen molar-refractivity contribution in [2.45, 2.75) is 33.2 Å². The molecule has 0 unspecified atom stereocenters. The van der Waals surface area contributed by atoms with Crippen molar-refractivity contribution in [3.8, 4) is 0 Å². The van der Waals surface area contributed by atoms with Crippen LogP contribution in [-0.2, 0) is 20.7 Å². The highest BCUT2D eigenvalue weighted by Crippen LogP contribution is 2.04. The third kappa shape index (κ3) is 5.48. The molecule has 0 aliphatic heterocycles. The molecule has 1 amide bonds. The third-order valence-electron chi connectivity index (χ3n) is 2.28. The minimum atomic E-state index is -0.391. The van der Waals surface area contributed by atoms with Gasteiger partial charge in [-0.05, 0) is 26.3 Å². The van der Waals surface area contributed by atoms with E-state index in [1.165, 1.54) is 0 Å². The molecule has 0 aliphatic rings. The molecule has 0 bridgehead atoms. The standard InChI is InChI=1S/C14H19NO3/c1-10(2)15-13(16)9-18-14(17)8-12-6-4-11(3)5-7-12/h4-7,10H,8-9H2,1-3H3,(H,15,16). The molecule has 1 N–H and O–H groups in total. The molecule has 1 rings (SSSR count). The Morgan fingerprint density at radius 2 is 1.83 bits per heavy atom. The molecular formula is C14H19NO3. The summed E-state index contributed by atoms with van der Waals surface area (Å²) in [6.07, 6.45) is 0.190. The predicted molar refractivity (Wildman–Crippen MR) is 69.1 cm³/mol. The quantitative estimate of drug-likeness (QED) is 0.806. The van der Waals surface area contributed by atoms with Gasteiger partial charge in [0, 0.05) is 6.04 Å². The van der Waals surface area contributed by atoms with Gasteiger partial charge in [0.15, 0.2) is 6.61 Å². The fourth-order valence-corrected chi connectivity index (χ4v) is 1.43. The van der Waals surface area contributed by atoms with Crippen LogP contribution in [0, 0.1) is 6.92 Å². The molecule has 0 fully saturated rings. The summed E-state index contributed by atoms with van der Waals surface area (Å²) in [4.78, 5) is 22.8. The van der Waals surface area contributed by atoms with Gasteiger partial charge in [0.2, 0.25) is 0 Å². The summed E-state index contributed by atoms with van der Waals surface area (Å²) < 4.78 is 4.89. The Labute approximate surface area is 107 Å². The Morgan fingerprint density at radius 3 is 2.39 bits per heavy atom. The van der Waals surface area contributed by atoms with Crippen LogP contribution in [-0.4, -0.2) is 24.5 Å². The maximum Gasteiger partial charge on any atom is 0.310 e. The number of carbonyl (C=O) groups excluding carboxylic acids is 2. The van der Waals surface area contributed by atoms with Crippen molar-refractivity contribution in [1.82, 2.24) is 5.32 Å². The van der Waals surface area contributed by atoms with Crippen molar-refractivity contribution in [2.75, 3.05) is 6.61 Å². The van der Waals surface area contributed by atoms with Gasteiger partial charge in [-0.3, -0.25) is 9.59 Å². The summed E-state index contributed by atoms with van der Waals surface area (Å²) in [5.74, 6) is -0.667. The number of ether oxygens (including phenoxy) is 1. The molecule has 4 heteroatoms. The molecule has 1 aromatic rings. The van der Waals surface area contributed by atoms with Crippen LogP contribution in [0.4, 0.5) is 0 Å². The SMILES string of the molecule is Cc1ccc(CC(=O)OCC(=O)NC(C)C)cc1. The zero-order chi connectivity index (χ0) is 13.5. The molecule has 0 aromatic heterocycles. The lowest BCUT2D eigenvalue weighted by molar-refractivity contribution is -0.148. The lowest BCUT2D eigenvalue weighted by Gasteiger charge is -2.08. The number of hydrogen-bond donors (Lipinski definition) is 1. The largest absolute Gasteiger partial charge is 0.455 e. The predicted octanol–water partition coefficient (Wildman–Crippen LogP) is 1.61. The number of rotatable bonds is 5. The number of carbonyl (C=O) groups is 2. The molecule has 0 aliphatic carbocycles. The lowest BCUT2D eigenvalue weighted by atomic mass is 10.1. The fourth-order valence-electron chi connectivity index (χ4n) is 1.43. The maximum atomic E-state index is 11.5. The number of hydrogen-bond acceptors (Lipinski definition) is 3. The van der Waals surface area contributed by atoms with E-state index in [9.17, 15) is 9.59 Å². The summed E-state index contributed by atoms with van der Waals surface area (Å²) in [6, 6.07) is 7.69. The van der Waals surface area contributed by atoms with E-state index in [0.29, 0.717) is 0 Å². The molecule has 0 saturated carbocycles. The number of nitrogens with one attached hydrogen (secondary N) is 1. The van der Waals surface area contributed by atoms with E-state index < -0.39 is 5.97 Å². The van der Waals surface area contributed by atoms with Gasteiger partial charge in [0.25, 0.3) is 5.91 Å². The van der Waals surface area contributed by atoms with Crippen LogP contribution < -0.4 is 5.32 Å². The Morgan fingerprint density at radius 1 is 1.22 bits per heavy atom. The van der Waals surface area contributed by atoms with Gasteiger partial charge >= 0.3 is 5.97 Å². The van der Waals surface area contributed by atoms with E-state index in [-0.39, 0.29) is 25.0 Å². The monoisotopic (exact) mass is 249 g/mol. The van der Waals surface area contributed by atoms with E-state index in [0.717, 1.165) is 11.1 Å². The van der Waals surface area contributed by atoms with Crippen LogP contribution in [0.1, 0.15) is 25.0 Å². The summed E-state index contributed by atoms with van der Waals surface area (Å²) in [5.41, 5.74) is 2.03. The Hall–Kier alpha value is -1.84. The zero-order valence-corrected chi connectivity index (χ0v) is 11.0. The second-order valence-corrected chi connectivity index (χ2v) is 4.55. The Balaban J connectivity index is 2.34. The number of amides is 1. The second-order valence-electron chi connectivity index (χ2n) is 4.55. The van der Waals surface area contributed by atoms with Gasteiger partial charge in [-0.15, -0.1) is 0 Å². The molecule has 1 aromatic carbocycles. The Bertz CT molecular complexity index is 410. The van der Waals surface area contributed by atoms with Gasteiger partial charge in [-0.25, -0.2) is 0 Å². The van der Waals surface area contributed by atoms with Crippen molar-refractivity contribution in [2.24, 2.45) is 0 Å². The minimum absolute atomic E-state index is 0.0494. The van der Waals surface area contributed by atoms with Crippen LogP contribution in [0.2, 0.25) is 0 Å². The number of aryl methyl sites for hydroxylation is 1. The Kier molecular flexibility index (Phi) is 5.36. The van der Waals surface area contributed by atoms with Gasteiger partial charge in [-0.2, -0.15) is 0 Å². The van der Waals surface area contributed by atoms with Crippen molar-refractivity contribution < 1.29 is 14.3 Å². The average Bonchev–Trinajstić information content (AvgIpc) is 2.29. The van der Waals surface area contributed by atoms with Crippen molar-refractivity contribution >= 4 is 11.9 Å². The topological polar surface area (TPSA) is 55.4 Å². The highest BCUT2D eigenvalue weighted by atomic mass is 16.5. The van der Waals surface area contributed by atoms with E-state index in [2.05, 4.69) is 5.32 Å². The summed E-state index contributed by atoms with van der Waals surface area (Å²) in [6.45, 7) is 5.47. The summed E-state index contributed by atoms with van der Waals surface area (Å²) >= 11 is 0. The van der Waals surface area contributed by atoms with Crippen molar-refractivity contribution in [3.05, 3.63) is 35.4 Å². The molecule has 0 radical (unpaired) electrons. The van der Waals surface area contributed by atoms with Gasteiger partial charge < -0.3 is 10.1 Å². The highest BCUT2D eigenvalue weighted by Gasteiger charge is 2.09. The molecule has 4 nitrogen and oxygen atoms in total. The first-order valence-corrected chi connectivity index (χ1v) is 5.98. The molecule has 0 spiro atoms. The van der Waals surface area contributed by atoms with Crippen LogP contribution in [0.25, 0.3) is 0 Å². The molecule has 0 heterocycles. The second kappa shape index (κ2) is 6.79. The lowest BCUT2D eigenvalue weighted by Crippen LogP contribution is -2.34. The average molecular weight is 249 g/mol. The fraction of sp³-hybridized carbons (Fsp3) is 0.429. The first kappa shape index (κ1) is 14.2. The van der Waals surface area contributed by atoms with Gasteiger partial charge in [0.1, 0.15) is 0 Å². The minimum Gasteiger partial charge on any atom is -0.455 e. The van der Waals surface area contributed by atoms with Crippen LogP contribution in [0.3, 0.4) is 0 Å². The van der Waals surface area contributed by atoms with Gasteiger partial charge in [0.05, 0.1) is 6.42 Å². The van der Waals surface area contributed by atoms with Crippen LogP contribution in [0.5, 0.6) is 0 Å². The van der Waals surface area contributed by atoms with Gasteiger partial charge in [-0.1, -0.05) is 29.8 Å². The maximum absolute atomic E-state index is 11.5. The van der Waals surface area contributed by atoms with E-state index >= 15 is 0 Å². The molecule has 18 heavy (non-hydrogen) atoms. The molecule has 98 valence electrons. The first-order valence-electron chi connectivity index (χ1n) is 5.98. The smallest absolute Gasteiger partial charge is 0.310 e. The number of benzene rings is 1. The third-order valence-corrected chi connectivity index (χ3v) is 2.28. The normalized spacial score (nSPS) is 10.2. The van der Waals surface area contributed by atoms with Crippen molar-refractivity contribution in [1.29, 1.82) is 0 Å². The molecular weight excluding hydrogens is 230 g/mol. The summed E-state index contributed by atoms with van der Waals surface area (Å²) in [7, 11) is 0. The van der Waals surface area contributed by atoms with E-state index in [4.69, 9.17) is 4.74 Å². The highest BCUT2D eigenvalue weighted by molar-refractivity contribution is 5.81. The number of esters is 1. The van der Waals surface area contributed by atoms with E-state index in [1.807, 2.05) is 45.0 Å². The zero-order valence-electron chi connectivity index (χ0n) is 11.0. The van der Waals surface area contributed by atoms with Crippen LogP contribution >= 0.6 is 0 Å². The van der Waals surface area contributed by atoms with E-state index in [1.54, 1.807) is 0 Å². The summed E-state index contributed by atoms with van der Waals surface area (Å²) in [5, 5.41) is 2.65. The molecule has 0 atom stereocenters. The first-order chi connectivity index (χ1) is 8.47. The van der Waals surface area contributed by atoms with Crippen molar-refractivity contribution in [3.63, 3.8) is 0 Å². The molecule has 0 saturated heterocycles. The van der Waals surface area contributed by atoms with Crippen LogP contribution in [0.15, 0.2) is 24.3 Å².